The molecule has 3 rings (SSSR count). The van der Waals surface area contributed by atoms with Crippen LogP contribution in [0.1, 0.15) is 39.8 Å². The maximum Gasteiger partial charge on any atom is 0.125 e. The van der Waals surface area contributed by atoms with E-state index in [-0.39, 0.29) is 0 Å². The molecule has 2 heteroatoms. The Morgan fingerprint density at radius 2 is 1.67 bits per heavy atom. The standard InChI is InChI=1S/C19H21BrO/c1-13-8-16(11-20)9-14(2)19(13)21-12-15-6-7-17-4-3-5-18(17)10-15/h6-10H,3-5,11-12H2,1-2H3. The highest BCUT2D eigenvalue weighted by molar-refractivity contribution is 9.08. The average Bonchev–Trinajstić information content (AvgIpc) is 2.93. The third-order valence-electron chi connectivity index (χ3n) is 4.22. The Kier molecular flexibility index (Phi) is 4.34. The van der Waals surface area contributed by atoms with Gasteiger partial charge in [-0.2, -0.15) is 0 Å². The molecule has 1 aliphatic rings. The topological polar surface area (TPSA) is 9.23 Å². The van der Waals surface area contributed by atoms with E-state index < -0.39 is 0 Å². The SMILES string of the molecule is Cc1cc(CBr)cc(C)c1OCc1ccc2c(c1)CCC2. The molecule has 0 unspecified atom stereocenters. The molecule has 1 aliphatic carbocycles. The van der Waals surface area contributed by atoms with E-state index in [1.165, 1.54) is 52.6 Å². The number of aryl methyl sites for hydroxylation is 4. The van der Waals surface area contributed by atoms with Crippen LogP contribution in [0.15, 0.2) is 30.3 Å². The largest absolute Gasteiger partial charge is 0.488 e. The predicted octanol–water partition coefficient (Wildman–Crippen LogP) is 5.27. The second kappa shape index (κ2) is 6.23. The quantitative estimate of drug-likeness (QED) is 0.686. The lowest BCUT2D eigenvalue weighted by atomic mass is 10.1. The number of alkyl halides is 1. The summed E-state index contributed by atoms with van der Waals surface area (Å²) >= 11 is 3.51. The molecule has 0 spiro atoms. The predicted molar refractivity (Wildman–Crippen MR) is 91.3 cm³/mol. The fourth-order valence-electron chi connectivity index (χ4n) is 3.22. The van der Waals surface area contributed by atoms with Gasteiger partial charge in [-0.05, 0) is 66.5 Å². The normalized spacial score (nSPS) is 13.3. The Bertz CT molecular complexity index is 638. The van der Waals surface area contributed by atoms with Crippen molar-refractivity contribution in [2.45, 2.75) is 45.0 Å². The van der Waals surface area contributed by atoms with Crippen LogP contribution in [0.25, 0.3) is 0 Å². The highest BCUT2D eigenvalue weighted by Crippen LogP contribution is 2.28. The molecule has 0 fully saturated rings. The number of benzene rings is 2. The number of rotatable bonds is 4. The summed E-state index contributed by atoms with van der Waals surface area (Å²) in [7, 11) is 0. The van der Waals surface area contributed by atoms with Crippen LogP contribution in [0, 0.1) is 13.8 Å². The number of ether oxygens (including phenoxy) is 1. The van der Waals surface area contributed by atoms with Crippen LogP contribution in [-0.4, -0.2) is 0 Å². The minimum atomic E-state index is 0.655. The van der Waals surface area contributed by atoms with Crippen LogP contribution in [0.4, 0.5) is 0 Å². The van der Waals surface area contributed by atoms with Gasteiger partial charge in [-0.25, -0.2) is 0 Å². The van der Waals surface area contributed by atoms with Gasteiger partial charge < -0.3 is 4.74 Å². The zero-order chi connectivity index (χ0) is 14.8. The van der Waals surface area contributed by atoms with Crippen LogP contribution < -0.4 is 4.74 Å². The maximum absolute atomic E-state index is 6.10. The summed E-state index contributed by atoms with van der Waals surface area (Å²) in [4.78, 5) is 0. The minimum Gasteiger partial charge on any atom is -0.488 e. The van der Waals surface area contributed by atoms with Crippen LogP contribution in [0.2, 0.25) is 0 Å². The Morgan fingerprint density at radius 1 is 0.952 bits per heavy atom. The maximum atomic E-state index is 6.10. The summed E-state index contributed by atoms with van der Waals surface area (Å²) < 4.78 is 6.10. The van der Waals surface area contributed by atoms with E-state index in [1.807, 2.05) is 0 Å². The summed E-state index contributed by atoms with van der Waals surface area (Å²) in [5, 5.41) is 0.889. The van der Waals surface area contributed by atoms with Gasteiger partial charge in [-0.1, -0.05) is 46.3 Å². The molecular weight excluding hydrogens is 324 g/mol. The second-order valence-electron chi connectivity index (χ2n) is 5.94. The van der Waals surface area contributed by atoms with Crippen molar-refractivity contribution >= 4 is 15.9 Å². The molecule has 0 amide bonds. The van der Waals surface area contributed by atoms with Crippen molar-refractivity contribution in [1.29, 1.82) is 0 Å². The number of hydrogen-bond acceptors (Lipinski definition) is 1. The molecule has 2 aromatic rings. The monoisotopic (exact) mass is 344 g/mol. The first-order valence-electron chi connectivity index (χ1n) is 7.57. The van der Waals surface area contributed by atoms with Crippen molar-refractivity contribution in [3.05, 3.63) is 63.7 Å². The van der Waals surface area contributed by atoms with Crippen molar-refractivity contribution in [2.75, 3.05) is 0 Å². The average molecular weight is 345 g/mol. The minimum absolute atomic E-state index is 0.655. The highest BCUT2D eigenvalue weighted by Gasteiger charge is 2.11. The lowest BCUT2D eigenvalue weighted by molar-refractivity contribution is 0.302. The summed E-state index contributed by atoms with van der Waals surface area (Å²) in [6.07, 6.45) is 3.76. The van der Waals surface area contributed by atoms with Crippen molar-refractivity contribution in [3.63, 3.8) is 0 Å². The van der Waals surface area contributed by atoms with E-state index in [2.05, 4.69) is 60.1 Å². The zero-order valence-corrected chi connectivity index (χ0v) is 14.3. The zero-order valence-electron chi connectivity index (χ0n) is 12.7. The van der Waals surface area contributed by atoms with Gasteiger partial charge in [0.2, 0.25) is 0 Å². The second-order valence-corrected chi connectivity index (χ2v) is 6.50. The molecule has 21 heavy (non-hydrogen) atoms. The van der Waals surface area contributed by atoms with E-state index in [1.54, 1.807) is 0 Å². The van der Waals surface area contributed by atoms with Crippen LogP contribution >= 0.6 is 15.9 Å². The van der Waals surface area contributed by atoms with E-state index in [9.17, 15) is 0 Å². The molecule has 0 radical (unpaired) electrons. The lowest BCUT2D eigenvalue weighted by Gasteiger charge is -2.14. The van der Waals surface area contributed by atoms with Crippen molar-refractivity contribution in [1.82, 2.24) is 0 Å². The van der Waals surface area contributed by atoms with Gasteiger partial charge in [0, 0.05) is 5.33 Å². The summed E-state index contributed by atoms with van der Waals surface area (Å²) in [6.45, 7) is 4.90. The Labute approximate surface area is 135 Å². The number of fused-ring (bicyclic) bond motifs is 1. The van der Waals surface area contributed by atoms with E-state index >= 15 is 0 Å². The fourth-order valence-corrected chi connectivity index (χ4v) is 3.54. The highest BCUT2D eigenvalue weighted by atomic mass is 79.9. The number of halogens is 1. The van der Waals surface area contributed by atoms with E-state index in [0.717, 1.165) is 11.1 Å². The Morgan fingerprint density at radius 3 is 2.38 bits per heavy atom. The van der Waals surface area contributed by atoms with Crippen LogP contribution in [0.5, 0.6) is 5.75 Å². The van der Waals surface area contributed by atoms with Gasteiger partial charge in [0.1, 0.15) is 12.4 Å². The van der Waals surface area contributed by atoms with Gasteiger partial charge in [-0.15, -0.1) is 0 Å². The molecule has 0 saturated heterocycles. The molecule has 0 N–H and O–H groups in total. The van der Waals surface area contributed by atoms with Crippen molar-refractivity contribution < 1.29 is 4.74 Å². The first kappa shape index (κ1) is 14.6. The summed E-state index contributed by atoms with van der Waals surface area (Å²) in [5.41, 5.74) is 8.04. The molecule has 0 heterocycles. The molecule has 2 aromatic carbocycles. The molecule has 0 bridgehead atoms. The Hall–Kier alpha value is -1.28. The summed E-state index contributed by atoms with van der Waals surface area (Å²) in [6, 6.07) is 11.2. The van der Waals surface area contributed by atoms with Gasteiger partial charge in [0.15, 0.2) is 0 Å². The molecular formula is C19H21BrO. The van der Waals surface area contributed by atoms with Gasteiger partial charge >= 0.3 is 0 Å². The molecule has 0 atom stereocenters. The third-order valence-corrected chi connectivity index (χ3v) is 4.87. The molecule has 0 aliphatic heterocycles. The smallest absolute Gasteiger partial charge is 0.125 e. The molecule has 0 saturated carbocycles. The summed E-state index contributed by atoms with van der Waals surface area (Å²) in [5.74, 6) is 1.03. The first-order chi connectivity index (χ1) is 10.2. The van der Waals surface area contributed by atoms with E-state index in [0.29, 0.717) is 6.61 Å². The third kappa shape index (κ3) is 3.16. The molecule has 110 valence electrons. The molecule has 1 nitrogen and oxygen atoms in total. The number of hydrogen-bond donors (Lipinski definition) is 0. The van der Waals surface area contributed by atoms with E-state index in [4.69, 9.17) is 4.74 Å². The fraction of sp³-hybridized carbons (Fsp3) is 0.368. The Balaban J connectivity index is 1.76. The van der Waals surface area contributed by atoms with Crippen molar-refractivity contribution in [3.8, 4) is 5.75 Å². The van der Waals surface area contributed by atoms with Crippen LogP contribution in [0.3, 0.4) is 0 Å². The van der Waals surface area contributed by atoms with Gasteiger partial charge in [0.05, 0.1) is 0 Å². The van der Waals surface area contributed by atoms with Crippen LogP contribution in [-0.2, 0) is 24.8 Å². The molecule has 0 aromatic heterocycles. The van der Waals surface area contributed by atoms with Gasteiger partial charge in [-0.3, -0.25) is 0 Å². The first-order valence-corrected chi connectivity index (χ1v) is 8.69. The van der Waals surface area contributed by atoms with Gasteiger partial charge in [0.25, 0.3) is 0 Å². The van der Waals surface area contributed by atoms with Crippen molar-refractivity contribution in [2.24, 2.45) is 0 Å². The lowest BCUT2D eigenvalue weighted by Crippen LogP contribution is -2.00.